The minimum atomic E-state index is -0.706. The molecule has 0 bridgehead atoms. The van der Waals surface area contributed by atoms with E-state index >= 15 is 0 Å². The van der Waals surface area contributed by atoms with Gasteiger partial charge in [0.2, 0.25) is 0 Å². The van der Waals surface area contributed by atoms with E-state index in [4.69, 9.17) is 0 Å². The molecular weight excluding hydrogens is 200 g/mol. The molecule has 0 aromatic heterocycles. The molecule has 1 N–H and O–H groups in total. The second-order valence-corrected chi connectivity index (χ2v) is 4.29. The highest BCUT2D eigenvalue weighted by atomic mass is 16.4. The molecule has 2 heteroatoms. The molecule has 0 aliphatic heterocycles. The number of carboxylic acids is 1. The van der Waals surface area contributed by atoms with E-state index in [2.05, 4.69) is 6.07 Å². The lowest BCUT2D eigenvalue weighted by atomic mass is 9.81. The van der Waals surface area contributed by atoms with Crippen molar-refractivity contribution in [2.24, 2.45) is 0 Å². The van der Waals surface area contributed by atoms with Crippen molar-refractivity contribution in [2.45, 2.75) is 18.8 Å². The van der Waals surface area contributed by atoms with E-state index in [1.54, 1.807) is 0 Å². The number of carboxylic acid groups (broad SMARTS) is 1. The summed E-state index contributed by atoms with van der Waals surface area (Å²) in [6.07, 6.45) is 1.58. The van der Waals surface area contributed by atoms with Gasteiger partial charge in [-0.3, -0.25) is 4.79 Å². The van der Waals surface area contributed by atoms with Gasteiger partial charge >= 0.3 is 5.97 Å². The third kappa shape index (κ3) is 1.23. The van der Waals surface area contributed by atoms with Gasteiger partial charge in [-0.25, -0.2) is 0 Å². The molecule has 0 fully saturated rings. The number of benzene rings is 2. The van der Waals surface area contributed by atoms with Crippen molar-refractivity contribution in [1.82, 2.24) is 0 Å². The molecule has 80 valence electrons. The van der Waals surface area contributed by atoms with Gasteiger partial charge in [0.1, 0.15) is 0 Å². The molecule has 3 rings (SSSR count). The van der Waals surface area contributed by atoms with Crippen LogP contribution < -0.4 is 0 Å². The summed E-state index contributed by atoms with van der Waals surface area (Å²) in [5.74, 6) is -1.04. The summed E-state index contributed by atoms with van der Waals surface area (Å²) in [4.78, 5) is 11.2. The molecule has 1 aliphatic carbocycles. The third-order valence-corrected chi connectivity index (χ3v) is 3.40. The normalized spacial score (nSPS) is 18.6. The molecule has 0 saturated heterocycles. The van der Waals surface area contributed by atoms with E-state index in [1.807, 2.05) is 30.3 Å². The Balaban J connectivity index is 2.35. The lowest BCUT2D eigenvalue weighted by Gasteiger charge is -2.22. The monoisotopic (exact) mass is 212 g/mol. The Labute approximate surface area is 93.5 Å². The molecule has 16 heavy (non-hydrogen) atoms. The topological polar surface area (TPSA) is 37.3 Å². The van der Waals surface area contributed by atoms with Crippen LogP contribution in [-0.4, -0.2) is 11.1 Å². The highest BCUT2D eigenvalue weighted by molar-refractivity contribution is 5.94. The summed E-state index contributed by atoms with van der Waals surface area (Å²) in [5.41, 5.74) is 2.26. The van der Waals surface area contributed by atoms with Gasteiger partial charge in [-0.2, -0.15) is 0 Å². The molecule has 2 aromatic carbocycles. The average molecular weight is 212 g/mol. The zero-order valence-electron chi connectivity index (χ0n) is 8.81. The van der Waals surface area contributed by atoms with Crippen molar-refractivity contribution in [2.75, 3.05) is 0 Å². The Bertz CT molecular complexity index is 567. The van der Waals surface area contributed by atoms with Crippen LogP contribution in [0.4, 0.5) is 0 Å². The van der Waals surface area contributed by atoms with Gasteiger partial charge in [0, 0.05) is 0 Å². The maximum atomic E-state index is 11.2. The largest absolute Gasteiger partial charge is 0.481 e. The summed E-state index contributed by atoms with van der Waals surface area (Å²) in [6.45, 7) is 0. The van der Waals surface area contributed by atoms with Crippen molar-refractivity contribution < 1.29 is 9.90 Å². The molecule has 2 nitrogen and oxygen atoms in total. The Morgan fingerprint density at radius 2 is 1.94 bits per heavy atom. The summed E-state index contributed by atoms with van der Waals surface area (Å²) in [6, 6.07) is 12.1. The molecule has 0 amide bonds. The van der Waals surface area contributed by atoms with Crippen LogP contribution in [0, 0.1) is 0 Å². The smallest absolute Gasteiger partial charge is 0.311 e. The van der Waals surface area contributed by atoms with Crippen LogP contribution in [0.15, 0.2) is 36.4 Å². The second-order valence-electron chi connectivity index (χ2n) is 4.29. The molecule has 1 atom stereocenters. The van der Waals surface area contributed by atoms with Crippen LogP contribution in [0.25, 0.3) is 10.8 Å². The predicted molar refractivity (Wildman–Crippen MR) is 62.6 cm³/mol. The number of carbonyl (C=O) groups is 1. The van der Waals surface area contributed by atoms with Gasteiger partial charge in [0.05, 0.1) is 5.92 Å². The molecular formula is C14H12O2. The second kappa shape index (κ2) is 3.34. The summed E-state index contributed by atoms with van der Waals surface area (Å²) < 4.78 is 0. The van der Waals surface area contributed by atoms with Crippen LogP contribution >= 0.6 is 0 Å². The van der Waals surface area contributed by atoms with Crippen LogP contribution in [0.1, 0.15) is 23.5 Å². The van der Waals surface area contributed by atoms with E-state index in [-0.39, 0.29) is 5.92 Å². The maximum Gasteiger partial charge on any atom is 0.311 e. The van der Waals surface area contributed by atoms with Crippen LogP contribution in [0.2, 0.25) is 0 Å². The Hall–Kier alpha value is -1.83. The number of hydrogen-bond donors (Lipinski definition) is 1. The van der Waals surface area contributed by atoms with Crippen molar-refractivity contribution in [1.29, 1.82) is 0 Å². The highest BCUT2D eigenvalue weighted by Gasteiger charge is 2.26. The maximum absolute atomic E-state index is 11.2. The molecule has 0 heterocycles. The first-order valence-corrected chi connectivity index (χ1v) is 5.50. The highest BCUT2D eigenvalue weighted by Crippen LogP contribution is 2.36. The summed E-state index contributed by atoms with van der Waals surface area (Å²) in [5, 5.41) is 11.5. The first-order valence-electron chi connectivity index (χ1n) is 5.50. The minimum absolute atomic E-state index is 0.335. The molecule has 0 saturated carbocycles. The van der Waals surface area contributed by atoms with E-state index in [0.29, 0.717) is 6.42 Å². The zero-order chi connectivity index (χ0) is 11.1. The molecule has 1 aliphatic rings. The molecule has 1 unspecified atom stereocenters. The van der Waals surface area contributed by atoms with E-state index in [9.17, 15) is 9.90 Å². The van der Waals surface area contributed by atoms with Crippen LogP contribution in [0.3, 0.4) is 0 Å². The number of hydrogen-bond acceptors (Lipinski definition) is 1. The van der Waals surface area contributed by atoms with Crippen molar-refractivity contribution >= 4 is 16.7 Å². The van der Waals surface area contributed by atoms with Gasteiger partial charge in [-0.05, 0) is 34.7 Å². The fraction of sp³-hybridized carbons (Fsp3) is 0.214. The van der Waals surface area contributed by atoms with Gasteiger partial charge in [-0.15, -0.1) is 0 Å². The fourth-order valence-corrected chi connectivity index (χ4v) is 2.66. The molecule has 2 aromatic rings. The number of aliphatic carboxylic acids is 1. The third-order valence-electron chi connectivity index (χ3n) is 3.40. The van der Waals surface area contributed by atoms with Gasteiger partial charge in [0.25, 0.3) is 0 Å². The summed E-state index contributed by atoms with van der Waals surface area (Å²) in [7, 11) is 0. The Kier molecular flexibility index (Phi) is 1.96. The standard InChI is InChI=1S/C14H12O2/c15-14(16)12-8-7-10-4-1-3-9-5-2-6-11(12)13(9)10/h1-6,12H,7-8H2,(H,15,16). The molecule has 0 spiro atoms. The van der Waals surface area contributed by atoms with Gasteiger partial charge in [-0.1, -0.05) is 36.4 Å². The van der Waals surface area contributed by atoms with Crippen LogP contribution in [0.5, 0.6) is 0 Å². The van der Waals surface area contributed by atoms with Crippen molar-refractivity contribution in [3.05, 3.63) is 47.5 Å². The molecule has 0 radical (unpaired) electrons. The lowest BCUT2D eigenvalue weighted by Crippen LogP contribution is -2.16. The van der Waals surface area contributed by atoms with Crippen molar-refractivity contribution in [3.63, 3.8) is 0 Å². The first-order chi connectivity index (χ1) is 7.77. The number of rotatable bonds is 1. The first kappa shape index (κ1) is 9.40. The summed E-state index contributed by atoms with van der Waals surface area (Å²) >= 11 is 0. The quantitative estimate of drug-likeness (QED) is 0.789. The SMILES string of the molecule is O=C(O)C1CCc2cccc3cccc1c23. The van der Waals surface area contributed by atoms with E-state index in [1.165, 1.54) is 5.56 Å². The van der Waals surface area contributed by atoms with Crippen molar-refractivity contribution in [3.8, 4) is 0 Å². The van der Waals surface area contributed by atoms with Gasteiger partial charge in [0.15, 0.2) is 0 Å². The lowest BCUT2D eigenvalue weighted by molar-refractivity contribution is -0.139. The van der Waals surface area contributed by atoms with Crippen LogP contribution in [-0.2, 0) is 11.2 Å². The average Bonchev–Trinajstić information content (AvgIpc) is 2.30. The van der Waals surface area contributed by atoms with E-state index in [0.717, 1.165) is 22.8 Å². The Morgan fingerprint density at radius 3 is 2.69 bits per heavy atom. The fourth-order valence-electron chi connectivity index (χ4n) is 2.66. The zero-order valence-corrected chi connectivity index (χ0v) is 8.81. The predicted octanol–water partition coefficient (Wildman–Crippen LogP) is 2.95. The minimum Gasteiger partial charge on any atom is -0.481 e. The number of aryl methyl sites for hydroxylation is 1. The Morgan fingerprint density at radius 1 is 1.19 bits per heavy atom. The van der Waals surface area contributed by atoms with Gasteiger partial charge < -0.3 is 5.11 Å². The van der Waals surface area contributed by atoms with E-state index < -0.39 is 5.97 Å².